The van der Waals surface area contributed by atoms with Gasteiger partial charge in [0, 0.05) is 36.9 Å². The van der Waals surface area contributed by atoms with Crippen LogP contribution in [-0.2, 0) is 20.9 Å². The molecule has 1 aliphatic carbocycles. The summed E-state index contributed by atoms with van der Waals surface area (Å²) in [7, 11) is 1.65. The van der Waals surface area contributed by atoms with Gasteiger partial charge in [-0.1, -0.05) is 73.7 Å². The smallest absolute Gasteiger partial charge is 0.317 e. The van der Waals surface area contributed by atoms with Gasteiger partial charge >= 0.3 is 5.97 Å². The van der Waals surface area contributed by atoms with Crippen LogP contribution in [0.15, 0.2) is 78.9 Å². The van der Waals surface area contributed by atoms with Gasteiger partial charge in [-0.2, -0.15) is 0 Å². The number of hydrogen-bond donors (Lipinski definition) is 0. The van der Waals surface area contributed by atoms with Crippen LogP contribution in [0.2, 0.25) is 0 Å². The van der Waals surface area contributed by atoms with Gasteiger partial charge in [-0.15, -0.1) is 0 Å². The number of esters is 1. The van der Waals surface area contributed by atoms with Crippen molar-refractivity contribution >= 4 is 11.8 Å². The normalized spacial score (nSPS) is 26.4. The number of rotatable bonds is 10. The Morgan fingerprint density at radius 3 is 2.40 bits per heavy atom. The fourth-order valence-corrected chi connectivity index (χ4v) is 6.45. The Bertz CT molecular complexity index is 1360. The van der Waals surface area contributed by atoms with Crippen molar-refractivity contribution in [1.29, 1.82) is 0 Å². The number of Topliss-reactive ketones (excluding diaryl/α,β-unsaturated/α-hetero) is 1. The van der Waals surface area contributed by atoms with Gasteiger partial charge in [-0.25, -0.2) is 0 Å². The molecule has 3 fully saturated rings. The summed E-state index contributed by atoms with van der Waals surface area (Å²) in [5.74, 6) is 0.333. The quantitative estimate of drug-likeness (QED) is 0.246. The van der Waals surface area contributed by atoms with Crippen molar-refractivity contribution in [2.75, 3.05) is 33.4 Å². The highest BCUT2D eigenvalue weighted by molar-refractivity contribution is 6.04. The van der Waals surface area contributed by atoms with Gasteiger partial charge in [0.1, 0.15) is 5.92 Å². The summed E-state index contributed by atoms with van der Waals surface area (Å²) >= 11 is 0. The standard InChI is InChI=1S/C34H37NO5/c1-34(32(36)31-27(21-40-33(31)37)25-11-7-4-8-12-25)22-35(18-23-9-5-3-6-10-23)19-28(34)26-15-16-29(38-2)30(17-26)39-20-24-13-14-24/h3-12,15-17,24,27-28,31H,13-14,18-22H2,1-2H3. The van der Waals surface area contributed by atoms with E-state index in [9.17, 15) is 9.59 Å². The largest absolute Gasteiger partial charge is 0.493 e. The van der Waals surface area contributed by atoms with Crippen LogP contribution < -0.4 is 9.47 Å². The lowest BCUT2D eigenvalue weighted by Gasteiger charge is -2.33. The molecule has 4 unspecified atom stereocenters. The number of methoxy groups -OCH3 is 1. The maximum atomic E-state index is 14.6. The third kappa shape index (κ3) is 5.25. The van der Waals surface area contributed by atoms with Gasteiger partial charge in [0.05, 0.1) is 20.3 Å². The third-order valence-corrected chi connectivity index (χ3v) is 8.91. The molecule has 0 aromatic heterocycles. The van der Waals surface area contributed by atoms with Crippen LogP contribution in [0.25, 0.3) is 0 Å². The average molecular weight is 540 g/mol. The summed E-state index contributed by atoms with van der Waals surface area (Å²) < 4.78 is 17.3. The van der Waals surface area contributed by atoms with Crippen LogP contribution in [0.1, 0.15) is 48.3 Å². The molecule has 6 rings (SSSR count). The molecule has 0 N–H and O–H groups in total. The molecule has 4 atom stereocenters. The van der Waals surface area contributed by atoms with Crippen molar-refractivity contribution in [2.24, 2.45) is 17.3 Å². The first-order valence-electron chi connectivity index (χ1n) is 14.3. The zero-order valence-corrected chi connectivity index (χ0v) is 23.3. The first-order valence-corrected chi connectivity index (χ1v) is 14.3. The Morgan fingerprint density at radius 2 is 1.70 bits per heavy atom. The summed E-state index contributed by atoms with van der Waals surface area (Å²) in [6.07, 6.45) is 2.40. The van der Waals surface area contributed by atoms with Gasteiger partial charge in [-0.3, -0.25) is 14.5 Å². The van der Waals surface area contributed by atoms with Crippen molar-refractivity contribution in [3.8, 4) is 11.5 Å². The molecule has 6 nitrogen and oxygen atoms in total. The summed E-state index contributed by atoms with van der Waals surface area (Å²) in [6.45, 7) is 4.93. The first kappa shape index (κ1) is 26.6. The maximum Gasteiger partial charge on any atom is 0.317 e. The highest BCUT2D eigenvalue weighted by atomic mass is 16.5. The van der Waals surface area contributed by atoms with Gasteiger partial charge in [0.25, 0.3) is 0 Å². The summed E-state index contributed by atoms with van der Waals surface area (Å²) in [5, 5.41) is 0. The predicted molar refractivity (Wildman–Crippen MR) is 152 cm³/mol. The SMILES string of the molecule is COc1ccc(C2CN(Cc3ccccc3)CC2(C)C(=O)C2C(=O)OCC2c2ccccc2)cc1OCC1CC1. The van der Waals surface area contributed by atoms with E-state index in [2.05, 4.69) is 17.0 Å². The number of likely N-dealkylation sites (tertiary alicyclic amines) is 1. The molecule has 0 bridgehead atoms. The van der Waals surface area contributed by atoms with Crippen LogP contribution >= 0.6 is 0 Å². The number of carbonyl (C=O) groups excluding carboxylic acids is 2. The molecule has 2 saturated heterocycles. The molecule has 3 aromatic rings. The van der Waals surface area contributed by atoms with E-state index in [-0.39, 0.29) is 24.2 Å². The Hall–Kier alpha value is -3.64. The fourth-order valence-electron chi connectivity index (χ4n) is 6.45. The van der Waals surface area contributed by atoms with Crippen LogP contribution in [0.3, 0.4) is 0 Å². The van der Waals surface area contributed by atoms with E-state index in [0.717, 1.165) is 17.7 Å². The second-order valence-electron chi connectivity index (χ2n) is 11.8. The van der Waals surface area contributed by atoms with E-state index in [0.29, 0.717) is 37.1 Å². The van der Waals surface area contributed by atoms with Crippen molar-refractivity contribution in [2.45, 2.75) is 38.1 Å². The molecule has 0 spiro atoms. The Morgan fingerprint density at radius 1 is 0.975 bits per heavy atom. The molecule has 2 heterocycles. The molecule has 3 aromatic carbocycles. The number of cyclic esters (lactones) is 1. The summed E-state index contributed by atoms with van der Waals surface area (Å²) in [4.78, 5) is 30.0. The lowest BCUT2D eigenvalue weighted by molar-refractivity contribution is -0.147. The highest BCUT2D eigenvalue weighted by Gasteiger charge is 2.55. The van der Waals surface area contributed by atoms with E-state index in [1.165, 1.54) is 18.4 Å². The molecule has 0 radical (unpaired) electrons. The molecule has 3 aliphatic rings. The molecule has 1 saturated carbocycles. The average Bonchev–Trinajstić information content (AvgIpc) is 3.65. The first-order chi connectivity index (χ1) is 19.5. The minimum Gasteiger partial charge on any atom is -0.493 e. The van der Waals surface area contributed by atoms with E-state index >= 15 is 0 Å². The second kappa shape index (κ2) is 11.1. The number of ketones is 1. The van der Waals surface area contributed by atoms with Crippen molar-refractivity contribution in [1.82, 2.24) is 4.90 Å². The number of benzene rings is 3. The van der Waals surface area contributed by atoms with Crippen LogP contribution in [-0.4, -0.2) is 50.1 Å². The highest BCUT2D eigenvalue weighted by Crippen LogP contribution is 2.49. The number of ether oxygens (including phenoxy) is 3. The second-order valence-corrected chi connectivity index (χ2v) is 11.8. The lowest BCUT2D eigenvalue weighted by Crippen LogP contribution is -2.42. The van der Waals surface area contributed by atoms with Crippen molar-refractivity contribution in [3.63, 3.8) is 0 Å². The number of nitrogens with zero attached hydrogens (tertiary/aromatic N) is 1. The molecule has 2 aliphatic heterocycles. The Kier molecular flexibility index (Phi) is 7.37. The Labute approximate surface area is 236 Å². The fraction of sp³-hybridized carbons (Fsp3) is 0.412. The zero-order chi connectivity index (χ0) is 27.7. The lowest BCUT2D eigenvalue weighted by atomic mass is 9.67. The van der Waals surface area contributed by atoms with Gasteiger partial charge in [0.2, 0.25) is 0 Å². The van der Waals surface area contributed by atoms with E-state index in [1.807, 2.05) is 73.7 Å². The van der Waals surface area contributed by atoms with Gasteiger partial charge in [-0.05, 0) is 47.6 Å². The number of hydrogen-bond acceptors (Lipinski definition) is 6. The minimum atomic E-state index is -0.824. The van der Waals surface area contributed by atoms with E-state index in [1.54, 1.807) is 7.11 Å². The molecule has 6 heteroatoms. The summed E-state index contributed by atoms with van der Waals surface area (Å²) in [6, 6.07) is 26.2. The third-order valence-electron chi connectivity index (χ3n) is 8.91. The van der Waals surface area contributed by atoms with Gasteiger partial charge in [0.15, 0.2) is 17.3 Å². The summed E-state index contributed by atoms with van der Waals surface area (Å²) in [5.41, 5.74) is 2.40. The molecular weight excluding hydrogens is 502 g/mol. The molecular formula is C34H37NO5. The van der Waals surface area contributed by atoms with Crippen LogP contribution in [0.4, 0.5) is 0 Å². The van der Waals surface area contributed by atoms with Crippen LogP contribution in [0, 0.1) is 17.3 Å². The van der Waals surface area contributed by atoms with E-state index < -0.39 is 17.3 Å². The monoisotopic (exact) mass is 539 g/mol. The van der Waals surface area contributed by atoms with Crippen molar-refractivity contribution < 1.29 is 23.8 Å². The van der Waals surface area contributed by atoms with Crippen molar-refractivity contribution in [3.05, 3.63) is 95.6 Å². The predicted octanol–water partition coefficient (Wildman–Crippen LogP) is 5.62. The molecule has 0 amide bonds. The minimum absolute atomic E-state index is 0.0410. The van der Waals surface area contributed by atoms with Crippen LogP contribution in [0.5, 0.6) is 11.5 Å². The number of carbonyl (C=O) groups is 2. The molecule has 208 valence electrons. The van der Waals surface area contributed by atoms with Gasteiger partial charge < -0.3 is 14.2 Å². The molecule has 40 heavy (non-hydrogen) atoms. The topological polar surface area (TPSA) is 65.1 Å². The Balaban J connectivity index is 1.35. The zero-order valence-electron chi connectivity index (χ0n) is 23.3. The van der Waals surface area contributed by atoms with E-state index in [4.69, 9.17) is 14.2 Å². The maximum absolute atomic E-state index is 14.6.